The summed E-state index contributed by atoms with van der Waals surface area (Å²) < 4.78 is 34.7. The second kappa shape index (κ2) is 61.0. The Balaban J connectivity index is 4.08. The van der Waals surface area contributed by atoms with Gasteiger partial charge in [-0.3, -0.25) is 18.6 Å². The summed E-state index contributed by atoms with van der Waals surface area (Å²) in [5.74, 6) is -0.791. The van der Waals surface area contributed by atoms with Crippen molar-refractivity contribution >= 4 is 19.8 Å². The summed E-state index contributed by atoms with van der Waals surface area (Å²) >= 11 is 0. The summed E-state index contributed by atoms with van der Waals surface area (Å²) in [6, 6.07) is 0. The number of unbranched alkanes of at least 4 members (excludes halogenated alkanes) is 36. The molecule has 0 heterocycles. The molecule has 9 nitrogen and oxygen atoms in total. The van der Waals surface area contributed by atoms with E-state index in [1.54, 1.807) is 0 Å². The van der Waals surface area contributed by atoms with Crippen LogP contribution < -0.4 is 0 Å². The minimum atomic E-state index is -4.39. The van der Waals surface area contributed by atoms with Crippen molar-refractivity contribution in [3.8, 4) is 0 Å². The van der Waals surface area contributed by atoms with Gasteiger partial charge in [0.15, 0.2) is 6.10 Å². The molecule has 10 heteroatoms. The SMILES string of the molecule is CC/C=C\C/C=C\C/C=C\C/C=C\C/C=C\C/C=C\CCCCCCCCCCCCC(=O)OC(COC(=O)CCCCCCCCCCCCCCCCCCCCCCCCCCCCC)COP(=O)(O)OCC[N+](C)(C)C. The third-order valence-corrected chi connectivity index (χ3v) is 15.7. The van der Waals surface area contributed by atoms with Crippen LogP contribution in [-0.4, -0.2) is 74.9 Å². The summed E-state index contributed by atoms with van der Waals surface area (Å²) in [6.45, 7) is 4.36. The number of hydrogen-bond acceptors (Lipinski definition) is 7. The third kappa shape index (κ3) is 64.6. The van der Waals surface area contributed by atoms with Crippen molar-refractivity contribution in [2.24, 2.45) is 0 Å². The van der Waals surface area contributed by atoms with Crippen LogP contribution in [-0.2, 0) is 32.7 Å². The van der Waals surface area contributed by atoms with Crippen molar-refractivity contribution in [3.05, 3.63) is 72.9 Å². The van der Waals surface area contributed by atoms with E-state index >= 15 is 0 Å². The van der Waals surface area contributed by atoms with E-state index in [2.05, 4.69) is 86.8 Å². The second-order valence-corrected chi connectivity index (χ2v) is 25.3. The Morgan fingerprint density at radius 2 is 0.713 bits per heavy atom. The van der Waals surface area contributed by atoms with Gasteiger partial charge in [-0.1, -0.05) is 305 Å². The van der Waals surface area contributed by atoms with Crippen LogP contribution in [0.3, 0.4) is 0 Å². The van der Waals surface area contributed by atoms with Crippen LogP contribution in [0.1, 0.15) is 309 Å². The summed E-state index contributed by atoms with van der Waals surface area (Å²) in [5.41, 5.74) is 0. The second-order valence-electron chi connectivity index (χ2n) is 23.8. The zero-order valence-corrected chi connectivity index (χ0v) is 54.0. The van der Waals surface area contributed by atoms with Crippen LogP contribution in [0.15, 0.2) is 72.9 Å². The number of likely N-dealkylation sites (N-methyl/N-ethyl adjacent to an activating group) is 1. The highest BCUT2D eigenvalue weighted by Gasteiger charge is 2.27. The summed E-state index contributed by atoms with van der Waals surface area (Å²) in [5, 5.41) is 0. The third-order valence-electron chi connectivity index (χ3n) is 14.8. The van der Waals surface area contributed by atoms with Crippen molar-refractivity contribution in [1.29, 1.82) is 0 Å². The first kappa shape index (κ1) is 77.5. The van der Waals surface area contributed by atoms with Crippen LogP contribution in [0.25, 0.3) is 0 Å². The molecule has 0 saturated carbocycles. The van der Waals surface area contributed by atoms with Gasteiger partial charge in [-0.2, -0.15) is 0 Å². The van der Waals surface area contributed by atoms with Crippen LogP contribution in [0.2, 0.25) is 0 Å². The standard InChI is InChI=1S/C70H128NO8P/c1-6-8-10-12-14-16-18-20-22-24-26-28-30-32-34-35-37-39-41-43-45-47-49-51-53-55-57-59-61-63-70(73)79-68(67-78-80(74,75)77-65-64-71(3,4)5)66-76-69(72)62-60-58-56-54-52-50-48-46-44-42-40-38-36-33-31-29-27-25-23-21-19-17-15-13-11-9-7-2/h8,10,14,16,20,22,26,28,32,34,37,39,68H,6-7,9,11-13,15,17-19,21,23-25,27,29-31,33,35-36,38,40-67H2,1-5H3/p+1/b10-8-,16-14-,22-20-,28-26-,34-32-,39-37-. The highest BCUT2D eigenvalue weighted by Crippen LogP contribution is 2.43. The number of esters is 2. The average molecular weight is 1140 g/mol. The van der Waals surface area contributed by atoms with Gasteiger partial charge >= 0.3 is 19.8 Å². The molecule has 1 N–H and O–H groups in total. The lowest BCUT2D eigenvalue weighted by atomic mass is 10.0. The Labute approximate surface area is 495 Å². The lowest BCUT2D eigenvalue weighted by molar-refractivity contribution is -0.870. The largest absolute Gasteiger partial charge is 0.472 e. The van der Waals surface area contributed by atoms with E-state index in [-0.39, 0.29) is 25.6 Å². The molecule has 0 saturated heterocycles. The smallest absolute Gasteiger partial charge is 0.462 e. The Kier molecular flexibility index (Phi) is 59.1. The maximum atomic E-state index is 12.9. The van der Waals surface area contributed by atoms with Crippen LogP contribution in [0.4, 0.5) is 0 Å². The van der Waals surface area contributed by atoms with E-state index < -0.39 is 26.5 Å². The van der Waals surface area contributed by atoms with Gasteiger partial charge in [-0.15, -0.1) is 0 Å². The van der Waals surface area contributed by atoms with Gasteiger partial charge in [0.25, 0.3) is 0 Å². The minimum Gasteiger partial charge on any atom is -0.462 e. The number of nitrogens with zero attached hydrogens (tertiary/aromatic N) is 1. The molecule has 0 radical (unpaired) electrons. The molecule has 466 valence electrons. The summed E-state index contributed by atoms with van der Waals surface area (Å²) in [6.07, 6.45) is 81.4. The fourth-order valence-electron chi connectivity index (χ4n) is 9.61. The van der Waals surface area contributed by atoms with E-state index in [0.29, 0.717) is 23.9 Å². The van der Waals surface area contributed by atoms with Gasteiger partial charge in [0, 0.05) is 12.8 Å². The number of allylic oxidation sites excluding steroid dienone is 12. The van der Waals surface area contributed by atoms with Crippen LogP contribution >= 0.6 is 7.82 Å². The number of rotatable bonds is 62. The number of carbonyl (C=O) groups excluding carboxylic acids is 2. The Morgan fingerprint density at radius 3 is 1.06 bits per heavy atom. The molecular weight excluding hydrogens is 1010 g/mol. The lowest BCUT2D eigenvalue weighted by Gasteiger charge is -2.24. The number of phosphoric ester groups is 1. The predicted molar refractivity (Wildman–Crippen MR) is 344 cm³/mol. The molecule has 0 spiro atoms. The highest BCUT2D eigenvalue weighted by molar-refractivity contribution is 7.47. The molecule has 80 heavy (non-hydrogen) atoms. The van der Waals surface area contributed by atoms with Crippen LogP contribution in [0.5, 0.6) is 0 Å². The first-order chi connectivity index (χ1) is 39.0. The van der Waals surface area contributed by atoms with E-state index in [9.17, 15) is 19.0 Å². The van der Waals surface area contributed by atoms with Crippen molar-refractivity contribution in [2.75, 3.05) is 47.5 Å². The first-order valence-electron chi connectivity index (χ1n) is 33.7. The molecule has 2 atom stereocenters. The predicted octanol–water partition coefficient (Wildman–Crippen LogP) is 21.6. The maximum Gasteiger partial charge on any atom is 0.472 e. The normalized spacial score (nSPS) is 13.6. The first-order valence-corrected chi connectivity index (χ1v) is 35.2. The minimum absolute atomic E-state index is 0.0299. The van der Waals surface area contributed by atoms with Crippen molar-refractivity contribution in [2.45, 2.75) is 315 Å². The van der Waals surface area contributed by atoms with Crippen molar-refractivity contribution < 1.29 is 42.1 Å². The fraction of sp³-hybridized carbons (Fsp3) is 0.800. The number of quaternary nitrogens is 1. The fourth-order valence-corrected chi connectivity index (χ4v) is 10.4. The molecule has 0 aromatic heterocycles. The molecule has 0 fully saturated rings. The maximum absolute atomic E-state index is 12.9. The van der Waals surface area contributed by atoms with Gasteiger partial charge < -0.3 is 18.9 Å². The molecule has 0 aromatic carbocycles. The molecule has 0 aliphatic heterocycles. The molecule has 0 rings (SSSR count). The van der Waals surface area contributed by atoms with Crippen LogP contribution in [0, 0.1) is 0 Å². The molecule has 0 amide bonds. The summed E-state index contributed by atoms with van der Waals surface area (Å²) in [7, 11) is 1.48. The Bertz CT molecular complexity index is 1580. The van der Waals surface area contributed by atoms with E-state index in [1.807, 2.05) is 21.1 Å². The molecule has 0 aromatic rings. The van der Waals surface area contributed by atoms with Gasteiger partial charge in [-0.05, 0) is 64.2 Å². The average Bonchev–Trinajstić information content (AvgIpc) is 3.42. The van der Waals surface area contributed by atoms with Crippen molar-refractivity contribution in [3.63, 3.8) is 0 Å². The lowest BCUT2D eigenvalue weighted by Crippen LogP contribution is -2.37. The van der Waals surface area contributed by atoms with Gasteiger partial charge in [0.2, 0.25) is 0 Å². The Hall–Kier alpha value is -2.55. The molecule has 2 unspecified atom stereocenters. The zero-order chi connectivity index (χ0) is 58.4. The number of ether oxygens (including phenoxy) is 2. The van der Waals surface area contributed by atoms with E-state index in [0.717, 1.165) is 83.5 Å². The van der Waals surface area contributed by atoms with Crippen molar-refractivity contribution in [1.82, 2.24) is 0 Å². The van der Waals surface area contributed by atoms with E-state index in [4.69, 9.17) is 18.5 Å². The Morgan fingerprint density at radius 1 is 0.400 bits per heavy atom. The van der Waals surface area contributed by atoms with Gasteiger partial charge in [0.05, 0.1) is 27.7 Å². The molecule has 0 bridgehead atoms. The van der Waals surface area contributed by atoms with Gasteiger partial charge in [0.1, 0.15) is 19.8 Å². The zero-order valence-electron chi connectivity index (χ0n) is 53.1. The summed E-state index contributed by atoms with van der Waals surface area (Å²) in [4.78, 5) is 35.8. The van der Waals surface area contributed by atoms with Gasteiger partial charge in [-0.25, -0.2) is 4.57 Å². The molecule has 0 aliphatic carbocycles. The monoisotopic (exact) mass is 1140 g/mol. The highest BCUT2D eigenvalue weighted by atomic mass is 31.2. The topological polar surface area (TPSA) is 108 Å². The molecule has 0 aliphatic rings. The van der Waals surface area contributed by atoms with E-state index in [1.165, 1.54) is 193 Å². The number of phosphoric acid groups is 1. The number of carbonyl (C=O) groups is 2. The quantitative estimate of drug-likeness (QED) is 0.0211. The molecular formula is C70H129NO8P+. The number of hydrogen-bond donors (Lipinski definition) is 1.